The van der Waals surface area contributed by atoms with Gasteiger partial charge in [0.25, 0.3) is 5.91 Å². The summed E-state index contributed by atoms with van der Waals surface area (Å²) in [6, 6.07) is 7.33. The normalized spacial score (nSPS) is 21.6. The van der Waals surface area contributed by atoms with Crippen LogP contribution in [0.4, 0.5) is 0 Å². The molecule has 2 atom stereocenters. The third-order valence-corrected chi connectivity index (χ3v) is 4.39. The maximum atomic E-state index is 12.2. The van der Waals surface area contributed by atoms with Crippen LogP contribution >= 0.6 is 0 Å². The fraction of sp³-hybridized carbons (Fsp3) is 0.556. The summed E-state index contributed by atoms with van der Waals surface area (Å²) in [4.78, 5) is 24.4. The molecule has 1 aromatic rings. The van der Waals surface area contributed by atoms with Crippen molar-refractivity contribution in [3.05, 3.63) is 24.3 Å². The van der Waals surface area contributed by atoms with Gasteiger partial charge in [0.2, 0.25) is 6.10 Å². The predicted molar refractivity (Wildman–Crippen MR) is 86.9 cm³/mol. The number of carbonyl (C=O) groups is 2. The van der Waals surface area contributed by atoms with Crippen LogP contribution < -0.4 is 14.8 Å². The fourth-order valence-electron chi connectivity index (χ4n) is 3.00. The second kappa shape index (κ2) is 7.55. The first kappa shape index (κ1) is 16.6. The average Bonchev–Trinajstić information content (AvgIpc) is 2.62. The predicted octanol–water partition coefficient (Wildman–Crippen LogP) is 2.21. The first-order chi connectivity index (χ1) is 11.6. The lowest BCUT2D eigenvalue weighted by atomic mass is 9.95. The molecule has 0 saturated heterocycles. The average molecular weight is 333 g/mol. The first-order valence-corrected chi connectivity index (χ1v) is 8.53. The monoisotopic (exact) mass is 333 g/mol. The number of nitrogens with one attached hydrogen (secondary N) is 1. The zero-order valence-electron chi connectivity index (χ0n) is 13.8. The van der Waals surface area contributed by atoms with Crippen molar-refractivity contribution in [3.8, 4) is 11.5 Å². The van der Waals surface area contributed by atoms with Crippen LogP contribution in [0.25, 0.3) is 0 Å². The number of ether oxygens (including phenoxy) is 3. The van der Waals surface area contributed by atoms with Gasteiger partial charge in [-0.25, -0.2) is 4.79 Å². The molecular weight excluding hydrogens is 310 g/mol. The van der Waals surface area contributed by atoms with Crippen molar-refractivity contribution in [3.63, 3.8) is 0 Å². The zero-order valence-corrected chi connectivity index (χ0v) is 13.8. The topological polar surface area (TPSA) is 73.9 Å². The van der Waals surface area contributed by atoms with E-state index in [0.717, 1.165) is 25.7 Å². The third kappa shape index (κ3) is 3.99. The summed E-state index contributed by atoms with van der Waals surface area (Å²) in [5, 5.41) is 2.95. The van der Waals surface area contributed by atoms with Gasteiger partial charge in [0.15, 0.2) is 17.6 Å². The van der Waals surface area contributed by atoms with E-state index in [0.29, 0.717) is 11.5 Å². The largest absolute Gasteiger partial charge is 0.485 e. The molecule has 130 valence electrons. The molecular formula is C18H23NO5. The van der Waals surface area contributed by atoms with Crippen molar-refractivity contribution >= 4 is 11.9 Å². The van der Waals surface area contributed by atoms with Gasteiger partial charge in [0.1, 0.15) is 6.61 Å². The quantitative estimate of drug-likeness (QED) is 0.855. The molecule has 24 heavy (non-hydrogen) atoms. The smallest absolute Gasteiger partial charge is 0.351 e. The summed E-state index contributed by atoms with van der Waals surface area (Å²) in [5.74, 6) is 0.262. The minimum absolute atomic E-state index is 0.0762. The minimum atomic E-state index is -0.857. The maximum absolute atomic E-state index is 12.2. The lowest BCUT2D eigenvalue weighted by molar-refractivity contribution is -0.163. The molecule has 1 heterocycles. The van der Waals surface area contributed by atoms with Crippen molar-refractivity contribution in [2.45, 2.75) is 57.3 Å². The Balaban J connectivity index is 1.50. The Hall–Kier alpha value is -2.24. The molecule has 6 nitrogen and oxygen atoms in total. The van der Waals surface area contributed by atoms with Gasteiger partial charge >= 0.3 is 5.97 Å². The number of amides is 1. The first-order valence-electron chi connectivity index (χ1n) is 8.53. The molecule has 1 aliphatic carbocycles. The highest BCUT2D eigenvalue weighted by Gasteiger charge is 2.31. The highest BCUT2D eigenvalue weighted by molar-refractivity contribution is 5.85. The van der Waals surface area contributed by atoms with E-state index in [2.05, 4.69) is 5.32 Å². The molecule has 1 aliphatic heterocycles. The van der Waals surface area contributed by atoms with Crippen LogP contribution in [0.2, 0.25) is 0 Å². The van der Waals surface area contributed by atoms with Gasteiger partial charge in [-0.1, -0.05) is 31.4 Å². The van der Waals surface area contributed by atoms with Crippen molar-refractivity contribution in [1.29, 1.82) is 0 Å². The Morgan fingerprint density at radius 1 is 1.17 bits per heavy atom. The van der Waals surface area contributed by atoms with Crippen molar-refractivity contribution in [2.24, 2.45) is 0 Å². The van der Waals surface area contributed by atoms with E-state index in [1.54, 1.807) is 25.1 Å². The van der Waals surface area contributed by atoms with Gasteiger partial charge in [0.05, 0.1) is 0 Å². The zero-order chi connectivity index (χ0) is 16.9. The van der Waals surface area contributed by atoms with Crippen LogP contribution in [-0.2, 0) is 14.3 Å². The van der Waals surface area contributed by atoms with Crippen molar-refractivity contribution in [2.75, 3.05) is 6.61 Å². The molecule has 0 aromatic heterocycles. The van der Waals surface area contributed by atoms with E-state index < -0.39 is 18.2 Å². The molecule has 1 aromatic carbocycles. The lowest BCUT2D eigenvalue weighted by Gasteiger charge is -2.27. The molecule has 1 amide bonds. The number of rotatable bonds is 4. The Morgan fingerprint density at radius 2 is 1.88 bits per heavy atom. The van der Waals surface area contributed by atoms with Crippen LogP contribution in [0.5, 0.6) is 11.5 Å². The Kier molecular flexibility index (Phi) is 5.23. The summed E-state index contributed by atoms with van der Waals surface area (Å²) in [7, 11) is 0. The molecule has 3 rings (SSSR count). The van der Waals surface area contributed by atoms with E-state index >= 15 is 0 Å². The highest BCUT2D eigenvalue weighted by Crippen LogP contribution is 2.31. The molecule has 1 fully saturated rings. The molecule has 0 radical (unpaired) electrons. The number of hydrogen-bond acceptors (Lipinski definition) is 5. The fourth-order valence-corrected chi connectivity index (χ4v) is 3.00. The summed E-state index contributed by atoms with van der Waals surface area (Å²) in [6.07, 6.45) is 3.76. The molecule has 6 heteroatoms. The number of esters is 1. The van der Waals surface area contributed by atoms with Gasteiger partial charge in [-0.15, -0.1) is 0 Å². The van der Waals surface area contributed by atoms with E-state index in [-0.39, 0.29) is 18.6 Å². The van der Waals surface area contributed by atoms with Gasteiger partial charge in [-0.2, -0.15) is 0 Å². The van der Waals surface area contributed by atoms with Crippen LogP contribution in [0.3, 0.4) is 0 Å². The van der Waals surface area contributed by atoms with Gasteiger partial charge in [-0.3, -0.25) is 4.79 Å². The summed E-state index contributed by atoms with van der Waals surface area (Å²) >= 11 is 0. The van der Waals surface area contributed by atoms with Gasteiger partial charge in [-0.05, 0) is 31.9 Å². The number of hydrogen-bond donors (Lipinski definition) is 1. The molecule has 0 spiro atoms. The Labute approximate surface area is 141 Å². The van der Waals surface area contributed by atoms with E-state index in [4.69, 9.17) is 14.2 Å². The second-order valence-electron chi connectivity index (χ2n) is 6.29. The van der Waals surface area contributed by atoms with Gasteiger partial charge < -0.3 is 19.5 Å². The third-order valence-electron chi connectivity index (χ3n) is 4.39. The molecule has 1 N–H and O–H groups in total. The van der Waals surface area contributed by atoms with Crippen LogP contribution in [0, 0.1) is 0 Å². The van der Waals surface area contributed by atoms with Gasteiger partial charge in [0, 0.05) is 6.04 Å². The standard InChI is InChI=1S/C18H23NO5/c1-12(17(20)19-13-7-3-2-4-8-13)23-18(21)16-11-22-14-9-5-6-10-15(14)24-16/h5-6,9-10,12-13,16H,2-4,7-8,11H2,1H3,(H,19,20)/t12-,16+/m0/s1. The molecule has 1 saturated carbocycles. The highest BCUT2D eigenvalue weighted by atomic mass is 16.6. The van der Waals surface area contributed by atoms with E-state index in [9.17, 15) is 9.59 Å². The summed E-state index contributed by atoms with van der Waals surface area (Å²) in [5.41, 5.74) is 0. The van der Waals surface area contributed by atoms with Crippen LogP contribution in [0.1, 0.15) is 39.0 Å². The van der Waals surface area contributed by atoms with Crippen LogP contribution in [-0.4, -0.2) is 36.7 Å². The van der Waals surface area contributed by atoms with Crippen molar-refractivity contribution in [1.82, 2.24) is 5.32 Å². The van der Waals surface area contributed by atoms with Crippen LogP contribution in [0.15, 0.2) is 24.3 Å². The van der Waals surface area contributed by atoms with E-state index in [1.807, 2.05) is 6.07 Å². The number of benzene rings is 1. The molecule has 0 unspecified atom stereocenters. The minimum Gasteiger partial charge on any atom is -0.485 e. The lowest BCUT2D eigenvalue weighted by Crippen LogP contribution is -2.45. The number of carbonyl (C=O) groups excluding carboxylic acids is 2. The summed E-state index contributed by atoms with van der Waals surface area (Å²) < 4.78 is 16.3. The number of para-hydroxylation sites is 2. The van der Waals surface area contributed by atoms with E-state index in [1.165, 1.54) is 6.42 Å². The Morgan fingerprint density at radius 3 is 2.62 bits per heavy atom. The molecule has 0 bridgehead atoms. The van der Waals surface area contributed by atoms with Crippen molar-refractivity contribution < 1.29 is 23.8 Å². The second-order valence-corrected chi connectivity index (χ2v) is 6.29. The SMILES string of the molecule is C[C@H](OC(=O)[C@H]1COc2ccccc2O1)C(=O)NC1CCCCC1. The molecule has 2 aliphatic rings. The number of fused-ring (bicyclic) bond motifs is 1. The summed E-state index contributed by atoms with van der Waals surface area (Å²) in [6.45, 7) is 1.65. The maximum Gasteiger partial charge on any atom is 0.351 e. The Bertz CT molecular complexity index is 597.